The van der Waals surface area contributed by atoms with E-state index in [-0.39, 0.29) is 0 Å². The Hall–Kier alpha value is -2.36. The van der Waals surface area contributed by atoms with Crippen molar-refractivity contribution < 1.29 is 0 Å². The third-order valence-electron chi connectivity index (χ3n) is 3.49. The molecule has 0 saturated heterocycles. The van der Waals surface area contributed by atoms with Crippen LogP contribution in [0, 0.1) is 22.5 Å². The van der Waals surface area contributed by atoms with Gasteiger partial charge in [-0.3, -0.25) is 0 Å². The highest BCUT2D eigenvalue weighted by atomic mass is 35.5. The molecule has 3 rings (SSSR count). The van der Waals surface area contributed by atoms with Crippen LogP contribution in [-0.2, 0) is 0 Å². The smallest absolute Gasteiger partial charge is 0.138 e. The minimum absolute atomic E-state index is 0.474. The molecule has 4 heteroatoms. The number of hydrogen-bond donors (Lipinski definition) is 0. The summed E-state index contributed by atoms with van der Waals surface area (Å²) in [6, 6.07) is 21.4. The summed E-state index contributed by atoms with van der Waals surface area (Å²) in [6.07, 6.45) is 0. The van der Waals surface area contributed by atoms with Crippen LogP contribution in [0.15, 0.2) is 71.6 Å². The van der Waals surface area contributed by atoms with Gasteiger partial charge in [0.2, 0.25) is 0 Å². The topological polar surface area (TPSA) is 23.8 Å². The van der Waals surface area contributed by atoms with Crippen LogP contribution in [0.4, 0.5) is 0 Å². The number of thioether (sulfide) groups is 1. The van der Waals surface area contributed by atoms with Crippen LogP contribution in [0.3, 0.4) is 0 Å². The molecule has 0 unspecified atom stereocenters. The van der Waals surface area contributed by atoms with E-state index in [1.807, 2.05) is 72.1 Å². The molecule has 120 valence electrons. The van der Waals surface area contributed by atoms with Gasteiger partial charge in [-0.25, -0.2) is 0 Å². The van der Waals surface area contributed by atoms with Crippen LogP contribution in [0.1, 0.15) is 11.1 Å². The molecule has 0 aromatic heterocycles. The predicted octanol–water partition coefficient (Wildman–Crippen LogP) is 6.63. The molecule has 25 heavy (non-hydrogen) atoms. The van der Waals surface area contributed by atoms with E-state index in [9.17, 15) is 0 Å². The molecule has 3 aromatic carbocycles. The molecule has 0 aliphatic rings. The van der Waals surface area contributed by atoms with E-state index in [4.69, 9.17) is 28.5 Å². The normalized spacial score (nSPS) is 9.80. The average molecular weight is 380 g/mol. The van der Waals surface area contributed by atoms with Crippen molar-refractivity contribution in [3.63, 3.8) is 0 Å². The second-order valence-electron chi connectivity index (χ2n) is 5.16. The molecule has 0 heterocycles. The maximum absolute atomic E-state index is 8.80. The summed E-state index contributed by atoms with van der Waals surface area (Å²) in [5.41, 5.74) is 3.81. The molecule has 0 atom stereocenters. The van der Waals surface area contributed by atoms with E-state index in [1.54, 1.807) is 0 Å². The molecule has 0 fully saturated rings. The molecule has 0 amide bonds. The molecule has 0 aliphatic carbocycles. The summed E-state index contributed by atoms with van der Waals surface area (Å²) in [5, 5.41) is 11.7. The van der Waals surface area contributed by atoms with E-state index in [2.05, 4.69) is 11.8 Å². The Morgan fingerprint density at radius 1 is 0.720 bits per heavy atom. The Morgan fingerprint density at radius 3 is 1.84 bits per heavy atom. The van der Waals surface area contributed by atoms with Gasteiger partial charge in [-0.05, 0) is 59.3 Å². The van der Waals surface area contributed by atoms with Crippen molar-refractivity contribution >= 4 is 35.0 Å². The fourth-order valence-corrected chi connectivity index (χ4v) is 3.40. The van der Waals surface area contributed by atoms with E-state index < -0.39 is 0 Å². The Labute approximate surface area is 161 Å². The molecule has 0 aliphatic heterocycles. The van der Waals surface area contributed by atoms with Crippen LogP contribution in [-0.4, -0.2) is 0 Å². The van der Waals surface area contributed by atoms with Crippen molar-refractivity contribution in [3.8, 4) is 28.4 Å². The van der Waals surface area contributed by atoms with E-state index >= 15 is 0 Å². The molecular weight excluding hydrogens is 369 g/mol. The lowest BCUT2D eigenvalue weighted by atomic mass is 10.0. The maximum Gasteiger partial charge on any atom is 0.138 e. The van der Waals surface area contributed by atoms with Crippen molar-refractivity contribution in [2.45, 2.75) is 4.90 Å². The average Bonchev–Trinajstić information content (AvgIpc) is 2.64. The molecule has 3 aromatic rings. The van der Waals surface area contributed by atoms with Crippen molar-refractivity contribution in [2.24, 2.45) is 0 Å². The maximum atomic E-state index is 8.80. The van der Waals surface area contributed by atoms with Crippen LogP contribution in [0.25, 0.3) is 11.1 Å². The van der Waals surface area contributed by atoms with Gasteiger partial charge in [0.15, 0.2) is 0 Å². The molecule has 0 spiro atoms. The minimum Gasteiger partial charge on any atom is -0.185 e. The predicted molar refractivity (Wildman–Crippen MR) is 106 cm³/mol. The van der Waals surface area contributed by atoms with Gasteiger partial charge >= 0.3 is 0 Å². The SMILES string of the molecule is N#CSc1c(Cl)cc(-c2ccc(C#Cc3ccccc3)cc2)cc1Cl. The van der Waals surface area contributed by atoms with Gasteiger partial charge in [0.25, 0.3) is 0 Å². The highest BCUT2D eigenvalue weighted by molar-refractivity contribution is 8.04. The van der Waals surface area contributed by atoms with E-state index in [0.717, 1.165) is 34.0 Å². The van der Waals surface area contributed by atoms with E-state index in [0.29, 0.717) is 14.9 Å². The zero-order valence-electron chi connectivity index (χ0n) is 13.0. The lowest BCUT2D eigenvalue weighted by Gasteiger charge is -2.07. The second kappa shape index (κ2) is 8.15. The molecule has 1 nitrogen and oxygen atoms in total. The lowest BCUT2D eigenvalue weighted by Crippen LogP contribution is -1.83. The third kappa shape index (κ3) is 4.38. The number of hydrogen-bond acceptors (Lipinski definition) is 2. The van der Waals surface area contributed by atoms with Gasteiger partial charge < -0.3 is 0 Å². The van der Waals surface area contributed by atoms with Gasteiger partial charge in [0.05, 0.1) is 14.9 Å². The lowest BCUT2D eigenvalue weighted by molar-refractivity contribution is 1.45. The molecule has 0 N–H and O–H groups in total. The summed E-state index contributed by atoms with van der Waals surface area (Å²) in [7, 11) is 0. The highest BCUT2D eigenvalue weighted by Crippen LogP contribution is 2.37. The first-order chi connectivity index (χ1) is 12.2. The van der Waals surface area contributed by atoms with Crippen molar-refractivity contribution in [2.75, 3.05) is 0 Å². The van der Waals surface area contributed by atoms with E-state index in [1.165, 1.54) is 0 Å². The standard InChI is InChI=1S/C21H11Cl2NS/c22-19-12-18(13-20(23)21(19)25-14-24)17-10-8-16(9-11-17)7-6-15-4-2-1-3-5-15/h1-5,8-13H. The first-order valence-electron chi connectivity index (χ1n) is 7.40. The summed E-state index contributed by atoms with van der Waals surface area (Å²) < 4.78 is 0. The van der Waals surface area contributed by atoms with Gasteiger partial charge in [0.1, 0.15) is 5.40 Å². The molecule has 0 radical (unpaired) electrons. The zero-order chi connectivity index (χ0) is 17.6. The molecular formula is C21H11Cl2NS. The number of nitriles is 1. The third-order valence-corrected chi connectivity index (χ3v) is 5.04. The number of rotatable bonds is 2. The van der Waals surface area contributed by atoms with Crippen molar-refractivity contribution in [1.82, 2.24) is 0 Å². The Balaban J connectivity index is 1.86. The Bertz CT molecular complexity index is 971. The summed E-state index contributed by atoms with van der Waals surface area (Å²) in [5.74, 6) is 6.28. The monoisotopic (exact) mass is 379 g/mol. The van der Waals surface area contributed by atoms with Gasteiger partial charge in [-0.15, -0.1) is 0 Å². The highest BCUT2D eigenvalue weighted by Gasteiger charge is 2.10. The summed E-state index contributed by atoms with van der Waals surface area (Å²) in [4.78, 5) is 0.583. The summed E-state index contributed by atoms with van der Waals surface area (Å²) in [6.45, 7) is 0. The number of nitrogens with zero attached hydrogens (tertiary/aromatic N) is 1. The fourth-order valence-electron chi connectivity index (χ4n) is 2.28. The number of thiocyanates is 1. The van der Waals surface area contributed by atoms with Crippen molar-refractivity contribution in [3.05, 3.63) is 87.9 Å². The quantitative estimate of drug-likeness (QED) is 0.283. The van der Waals surface area contributed by atoms with Crippen LogP contribution in [0.5, 0.6) is 0 Å². The van der Waals surface area contributed by atoms with Gasteiger partial charge in [0, 0.05) is 11.1 Å². The first-order valence-corrected chi connectivity index (χ1v) is 8.97. The first kappa shape index (κ1) is 17.5. The molecule has 0 saturated carbocycles. The number of benzene rings is 3. The van der Waals surface area contributed by atoms with Crippen molar-refractivity contribution in [1.29, 1.82) is 5.26 Å². The van der Waals surface area contributed by atoms with Crippen LogP contribution < -0.4 is 0 Å². The molecule has 0 bridgehead atoms. The Kier molecular flexibility index (Phi) is 5.69. The van der Waals surface area contributed by atoms with Crippen LogP contribution in [0.2, 0.25) is 10.0 Å². The number of halogens is 2. The zero-order valence-corrected chi connectivity index (χ0v) is 15.3. The van der Waals surface area contributed by atoms with Gasteiger partial charge in [-0.1, -0.05) is 65.4 Å². The fraction of sp³-hybridized carbons (Fsp3) is 0. The largest absolute Gasteiger partial charge is 0.185 e. The summed E-state index contributed by atoms with van der Waals surface area (Å²) >= 11 is 13.4. The minimum atomic E-state index is 0.474. The van der Waals surface area contributed by atoms with Gasteiger partial charge in [-0.2, -0.15) is 5.26 Å². The van der Waals surface area contributed by atoms with Crippen LogP contribution >= 0.6 is 35.0 Å². The Morgan fingerprint density at radius 2 is 1.28 bits per heavy atom. The second-order valence-corrected chi connectivity index (χ2v) is 6.77.